The van der Waals surface area contributed by atoms with Crippen molar-refractivity contribution in [2.45, 2.75) is 26.3 Å². The fourth-order valence-electron chi connectivity index (χ4n) is 1.99. The summed E-state index contributed by atoms with van der Waals surface area (Å²) in [4.78, 5) is 16.3. The quantitative estimate of drug-likeness (QED) is 0.762. The van der Waals surface area contributed by atoms with Crippen LogP contribution in [0.15, 0.2) is 42.7 Å². The smallest absolute Gasteiger partial charge is 0.253 e. The molecule has 0 bridgehead atoms. The first-order valence-electron chi connectivity index (χ1n) is 7.41. The van der Waals surface area contributed by atoms with Crippen LogP contribution in [-0.4, -0.2) is 17.4 Å². The number of hydrogen-bond donors (Lipinski definition) is 2. The van der Waals surface area contributed by atoms with Gasteiger partial charge in [-0.05, 0) is 24.1 Å². The fraction of sp³-hybridized carbons (Fsp3) is 0.294. The summed E-state index contributed by atoms with van der Waals surface area (Å²) >= 11 is 6.08. The van der Waals surface area contributed by atoms with E-state index in [1.54, 1.807) is 12.4 Å². The number of halogens is 1. The number of anilines is 1. The summed E-state index contributed by atoms with van der Waals surface area (Å²) in [5.74, 6) is -0.161. The molecule has 116 valence electrons. The molecule has 0 saturated heterocycles. The van der Waals surface area contributed by atoms with Gasteiger partial charge in [0.25, 0.3) is 5.91 Å². The van der Waals surface area contributed by atoms with E-state index in [0.29, 0.717) is 17.1 Å². The Bertz CT molecular complexity index is 631. The normalized spacial score (nSPS) is 10.3. The lowest BCUT2D eigenvalue weighted by Crippen LogP contribution is -2.23. The van der Waals surface area contributed by atoms with Crippen LogP contribution in [0.25, 0.3) is 0 Å². The third-order valence-corrected chi connectivity index (χ3v) is 3.63. The van der Waals surface area contributed by atoms with Crippen molar-refractivity contribution in [3.63, 3.8) is 0 Å². The van der Waals surface area contributed by atoms with Gasteiger partial charge in [-0.25, -0.2) is 0 Å². The molecule has 22 heavy (non-hydrogen) atoms. The third kappa shape index (κ3) is 4.74. The SMILES string of the molecule is CCCCNc1cncc(C(=O)NCc2ccccc2Cl)c1. The van der Waals surface area contributed by atoms with Crippen LogP contribution in [0.3, 0.4) is 0 Å². The zero-order chi connectivity index (χ0) is 15.8. The Balaban J connectivity index is 1.95. The van der Waals surface area contributed by atoms with Gasteiger partial charge < -0.3 is 10.6 Å². The monoisotopic (exact) mass is 317 g/mol. The molecule has 0 aliphatic carbocycles. The van der Waals surface area contributed by atoms with E-state index in [9.17, 15) is 4.79 Å². The highest BCUT2D eigenvalue weighted by Gasteiger charge is 2.08. The maximum atomic E-state index is 12.2. The van der Waals surface area contributed by atoms with Crippen LogP contribution in [0.1, 0.15) is 35.7 Å². The molecule has 2 aromatic rings. The number of unbranched alkanes of at least 4 members (excludes halogenated alkanes) is 1. The molecular formula is C17H20ClN3O. The number of aromatic nitrogens is 1. The van der Waals surface area contributed by atoms with E-state index in [2.05, 4.69) is 22.5 Å². The van der Waals surface area contributed by atoms with E-state index in [0.717, 1.165) is 30.6 Å². The zero-order valence-corrected chi connectivity index (χ0v) is 13.4. The van der Waals surface area contributed by atoms with E-state index >= 15 is 0 Å². The number of hydrogen-bond acceptors (Lipinski definition) is 3. The molecule has 1 aromatic heterocycles. The second-order valence-electron chi connectivity index (χ2n) is 5.02. The van der Waals surface area contributed by atoms with Crippen molar-refractivity contribution in [2.75, 3.05) is 11.9 Å². The van der Waals surface area contributed by atoms with Gasteiger partial charge in [0.2, 0.25) is 0 Å². The van der Waals surface area contributed by atoms with Gasteiger partial charge in [-0.2, -0.15) is 0 Å². The second-order valence-corrected chi connectivity index (χ2v) is 5.42. The van der Waals surface area contributed by atoms with Crippen LogP contribution in [-0.2, 0) is 6.54 Å². The summed E-state index contributed by atoms with van der Waals surface area (Å²) < 4.78 is 0. The highest BCUT2D eigenvalue weighted by Crippen LogP contribution is 2.15. The van der Waals surface area contributed by atoms with Crippen molar-refractivity contribution in [2.24, 2.45) is 0 Å². The second kappa shape index (κ2) is 8.39. The number of nitrogens with zero attached hydrogens (tertiary/aromatic N) is 1. The van der Waals surface area contributed by atoms with Gasteiger partial charge in [-0.15, -0.1) is 0 Å². The lowest BCUT2D eigenvalue weighted by molar-refractivity contribution is 0.0950. The highest BCUT2D eigenvalue weighted by molar-refractivity contribution is 6.31. The van der Waals surface area contributed by atoms with Gasteiger partial charge >= 0.3 is 0 Å². The molecule has 0 unspecified atom stereocenters. The molecule has 0 saturated carbocycles. The van der Waals surface area contributed by atoms with Crippen LogP contribution in [0, 0.1) is 0 Å². The summed E-state index contributed by atoms with van der Waals surface area (Å²) in [6.45, 7) is 3.41. The molecular weight excluding hydrogens is 298 g/mol. The minimum atomic E-state index is -0.161. The van der Waals surface area contributed by atoms with E-state index in [1.807, 2.05) is 30.3 Å². The molecule has 0 aliphatic heterocycles. The molecule has 4 nitrogen and oxygen atoms in total. The number of pyridine rings is 1. The Labute approximate surface area is 135 Å². The van der Waals surface area contributed by atoms with Crippen molar-refractivity contribution >= 4 is 23.2 Å². The third-order valence-electron chi connectivity index (χ3n) is 3.26. The Hall–Kier alpha value is -2.07. The van der Waals surface area contributed by atoms with Crippen molar-refractivity contribution in [3.05, 3.63) is 58.9 Å². The van der Waals surface area contributed by atoms with Gasteiger partial charge in [0.05, 0.1) is 11.3 Å². The van der Waals surface area contributed by atoms with Crippen molar-refractivity contribution in [1.82, 2.24) is 10.3 Å². The van der Waals surface area contributed by atoms with Gasteiger partial charge in [0, 0.05) is 30.5 Å². The minimum Gasteiger partial charge on any atom is -0.384 e. The summed E-state index contributed by atoms with van der Waals surface area (Å²) in [7, 11) is 0. The standard InChI is InChI=1S/C17H20ClN3O/c1-2-3-8-20-15-9-14(10-19-12-15)17(22)21-11-13-6-4-5-7-16(13)18/h4-7,9-10,12,20H,2-3,8,11H2,1H3,(H,21,22). The molecule has 0 fully saturated rings. The molecule has 1 aromatic carbocycles. The maximum absolute atomic E-state index is 12.2. The van der Waals surface area contributed by atoms with E-state index in [4.69, 9.17) is 11.6 Å². The molecule has 1 amide bonds. The van der Waals surface area contributed by atoms with Crippen LogP contribution in [0.5, 0.6) is 0 Å². The molecule has 0 atom stereocenters. The van der Waals surface area contributed by atoms with Gasteiger partial charge in [-0.1, -0.05) is 43.1 Å². The zero-order valence-electron chi connectivity index (χ0n) is 12.6. The number of carbonyl (C=O) groups excluding carboxylic acids is 1. The lowest BCUT2D eigenvalue weighted by atomic mass is 10.2. The summed E-state index contributed by atoms with van der Waals surface area (Å²) in [6, 6.07) is 9.27. The van der Waals surface area contributed by atoms with E-state index in [1.165, 1.54) is 0 Å². The minimum absolute atomic E-state index is 0.161. The van der Waals surface area contributed by atoms with Crippen LogP contribution in [0.4, 0.5) is 5.69 Å². The van der Waals surface area contributed by atoms with E-state index in [-0.39, 0.29) is 5.91 Å². The number of nitrogens with one attached hydrogen (secondary N) is 2. The largest absolute Gasteiger partial charge is 0.384 e. The number of amides is 1. The van der Waals surface area contributed by atoms with Crippen molar-refractivity contribution in [3.8, 4) is 0 Å². The van der Waals surface area contributed by atoms with Crippen LogP contribution < -0.4 is 10.6 Å². The average molecular weight is 318 g/mol. The van der Waals surface area contributed by atoms with Gasteiger partial charge in [0.15, 0.2) is 0 Å². The topological polar surface area (TPSA) is 54.0 Å². The highest BCUT2D eigenvalue weighted by atomic mass is 35.5. The molecule has 0 aliphatic rings. The number of carbonyl (C=O) groups is 1. The van der Waals surface area contributed by atoms with Crippen LogP contribution >= 0.6 is 11.6 Å². The number of benzene rings is 1. The molecule has 1 heterocycles. The van der Waals surface area contributed by atoms with Gasteiger partial charge in [0.1, 0.15) is 0 Å². The molecule has 2 rings (SSSR count). The Morgan fingerprint density at radius 3 is 2.86 bits per heavy atom. The van der Waals surface area contributed by atoms with E-state index < -0.39 is 0 Å². The van der Waals surface area contributed by atoms with Crippen molar-refractivity contribution in [1.29, 1.82) is 0 Å². The summed E-state index contributed by atoms with van der Waals surface area (Å²) in [5, 5.41) is 6.77. The van der Waals surface area contributed by atoms with Gasteiger partial charge in [-0.3, -0.25) is 9.78 Å². The molecule has 2 N–H and O–H groups in total. The average Bonchev–Trinajstić information content (AvgIpc) is 2.54. The Morgan fingerprint density at radius 2 is 2.09 bits per heavy atom. The maximum Gasteiger partial charge on any atom is 0.253 e. The Morgan fingerprint density at radius 1 is 1.27 bits per heavy atom. The lowest BCUT2D eigenvalue weighted by Gasteiger charge is -2.09. The first-order chi connectivity index (χ1) is 10.7. The van der Waals surface area contributed by atoms with Crippen LogP contribution in [0.2, 0.25) is 5.02 Å². The molecule has 5 heteroatoms. The fourth-order valence-corrected chi connectivity index (χ4v) is 2.19. The first kappa shape index (κ1) is 16.3. The van der Waals surface area contributed by atoms with Crippen molar-refractivity contribution < 1.29 is 4.79 Å². The predicted molar refractivity (Wildman–Crippen MR) is 90.3 cm³/mol. The molecule has 0 radical (unpaired) electrons. The number of rotatable bonds is 7. The first-order valence-corrected chi connectivity index (χ1v) is 7.79. The summed E-state index contributed by atoms with van der Waals surface area (Å²) in [6.07, 6.45) is 5.49. The predicted octanol–water partition coefficient (Wildman–Crippen LogP) is 3.88. The molecule has 0 spiro atoms. The summed E-state index contributed by atoms with van der Waals surface area (Å²) in [5.41, 5.74) is 2.29. The Kier molecular flexibility index (Phi) is 6.22.